The van der Waals surface area contributed by atoms with Gasteiger partial charge in [0.2, 0.25) is 0 Å². The zero-order chi connectivity index (χ0) is 17.0. The minimum atomic E-state index is -0.471. The molecule has 0 aliphatic carbocycles. The van der Waals surface area contributed by atoms with E-state index in [4.69, 9.17) is 11.6 Å². The number of carbonyl (C=O) groups is 1. The van der Waals surface area contributed by atoms with Crippen LogP contribution in [0.3, 0.4) is 0 Å². The fourth-order valence-electron chi connectivity index (χ4n) is 2.14. The van der Waals surface area contributed by atoms with Crippen molar-refractivity contribution in [1.82, 2.24) is 4.90 Å². The van der Waals surface area contributed by atoms with Gasteiger partial charge in [-0.25, -0.2) is 0 Å². The Hall–Kier alpha value is -2.60. The van der Waals surface area contributed by atoms with Crippen LogP contribution < -0.4 is 0 Å². The molecule has 0 unspecified atom stereocenters. The van der Waals surface area contributed by atoms with Crippen LogP contribution in [-0.2, 0) is 6.54 Å². The Morgan fingerprint density at radius 3 is 2.65 bits per heavy atom. The Morgan fingerprint density at radius 1 is 1.30 bits per heavy atom. The fraction of sp³-hybridized carbons (Fsp3) is 0.188. The first-order chi connectivity index (χ1) is 10.9. The van der Waals surface area contributed by atoms with Crippen LogP contribution >= 0.6 is 11.6 Å². The lowest BCUT2D eigenvalue weighted by atomic mass is 10.1. The summed E-state index contributed by atoms with van der Waals surface area (Å²) in [6.07, 6.45) is 0. The molecule has 0 bridgehead atoms. The summed E-state index contributed by atoms with van der Waals surface area (Å²) >= 11 is 5.83. The van der Waals surface area contributed by atoms with E-state index in [9.17, 15) is 20.0 Å². The monoisotopic (exact) mass is 334 g/mol. The van der Waals surface area contributed by atoms with Crippen molar-refractivity contribution in [2.45, 2.75) is 13.5 Å². The first-order valence-electron chi connectivity index (χ1n) is 6.93. The largest absolute Gasteiger partial charge is 0.506 e. The number of nitro groups is 1. The highest BCUT2D eigenvalue weighted by Gasteiger charge is 2.17. The van der Waals surface area contributed by atoms with Crippen molar-refractivity contribution in [2.75, 3.05) is 6.54 Å². The van der Waals surface area contributed by atoms with Gasteiger partial charge in [0.25, 0.3) is 11.6 Å². The number of nitro benzene ring substituents is 1. The van der Waals surface area contributed by atoms with E-state index in [1.54, 1.807) is 17.0 Å². The molecule has 2 rings (SSSR count). The second-order valence-electron chi connectivity index (χ2n) is 4.91. The quantitative estimate of drug-likeness (QED) is 0.668. The van der Waals surface area contributed by atoms with Crippen molar-refractivity contribution in [3.8, 4) is 5.75 Å². The number of phenolic OH excluding ortho intramolecular Hbond substituents is 1. The van der Waals surface area contributed by atoms with Gasteiger partial charge in [-0.05, 0) is 30.7 Å². The lowest BCUT2D eigenvalue weighted by molar-refractivity contribution is -0.384. The number of non-ortho nitro benzene ring substituents is 1. The highest BCUT2D eigenvalue weighted by Crippen LogP contribution is 2.24. The van der Waals surface area contributed by atoms with E-state index >= 15 is 0 Å². The van der Waals surface area contributed by atoms with Gasteiger partial charge >= 0.3 is 0 Å². The highest BCUT2D eigenvalue weighted by atomic mass is 35.5. The first-order valence-corrected chi connectivity index (χ1v) is 7.31. The van der Waals surface area contributed by atoms with Gasteiger partial charge in [-0.1, -0.05) is 23.7 Å². The summed E-state index contributed by atoms with van der Waals surface area (Å²) in [6.45, 7) is 2.49. The van der Waals surface area contributed by atoms with Crippen molar-refractivity contribution < 1.29 is 14.8 Å². The van der Waals surface area contributed by atoms with Crippen LogP contribution in [0.15, 0.2) is 42.5 Å². The molecule has 0 aliphatic rings. The number of hydrogen-bond donors (Lipinski definition) is 1. The summed E-state index contributed by atoms with van der Waals surface area (Å²) in [5.74, 6) is -0.356. The average molecular weight is 335 g/mol. The summed E-state index contributed by atoms with van der Waals surface area (Å²) in [4.78, 5) is 24.4. The van der Waals surface area contributed by atoms with E-state index in [1.807, 2.05) is 6.92 Å². The summed E-state index contributed by atoms with van der Waals surface area (Å²) in [5.41, 5.74) is 0.998. The SMILES string of the molecule is CCN(Cc1cccc([N+](=O)[O-])c1)C(=O)c1ccc(O)c(Cl)c1. The highest BCUT2D eigenvalue weighted by molar-refractivity contribution is 6.32. The molecule has 0 saturated heterocycles. The summed E-state index contributed by atoms with van der Waals surface area (Å²) in [7, 11) is 0. The molecule has 0 heterocycles. The molecule has 0 aromatic heterocycles. The maximum atomic E-state index is 12.5. The molecule has 120 valence electrons. The predicted molar refractivity (Wildman–Crippen MR) is 86.6 cm³/mol. The molecule has 7 heteroatoms. The number of rotatable bonds is 5. The number of halogens is 1. The van der Waals surface area contributed by atoms with Crippen molar-refractivity contribution in [3.05, 3.63) is 68.7 Å². The number of hydrogen-bond acceptors (Lipinski definition) is 4. The van der Waals surface area contributed by atoms with Crippen molar-refractivity contribution >= 4 is 23.2 Å². The van der Waals surface area contributed by atoms with Crippen molar-refractivity contribution in [3.63, 3.8) is 0 Å². The fourth-order valence-corrected chi connectivity index (χ4v) is 2.32. The zero-order valence-electron chi connectivity index (χ0n) is 12.4. The van der Waals surface area contributed by atoms with Gasteiger partial charge in [0, 0.05) is 30.8 Å². The van der Waals surface area contributed by atoms with E-state index in [2.05, 4.69) is 0 Å². The summed E-state index contributed by atoms with van der Waals surface area (Å²) < 4.78 is 0. The Labute approximate surface area is 138 Å². The third kappa shape index (κ3) is 3.98. The number of nitrogens with zero attached hydrogens (tertiary/aromatic N) is 2. The molecule has 0 radical (unpaired) electrons. The van der Waals surface area contributed by atoms with Gasteiger partial charge in [0.05, 0.1) is 9.95 Å². The number of benzene rings is 2. The molecular formula is C16H15ClN2O4. The Balaban J connectivity index is 2.22. The molecular weight excluding hydrogens is 320 g/mol. The van der Waals surface area contributed by atoms with E-state index in [0.29, 0.717) is 17.7 Å². The van der Waals surface area contributed by atoms with Gasteiger partial charge in [-0.2, -0.15) is 0 Å². The number of amides is 1. The molecule has 1 N–H and O–H groups in total. The lowest BCUT2D eigenvalue weighted by Gasteiger charge is -2.21. The molecule has 6 nitrogen and oxygen atoms in total. The van der Waals surface area contributed by atoms with Gasteiger partial charge in [0.15, 0.2) is 0 Å². The van der Waals surface area contributed by atoms with Gasteiger partial charge in [0.1, 0.15) is 5.75 Å². The Kier molecular flexibility index (Phi) is 5.18. The second kappa shape index (κ2) is 7.11. The van der Waals surface area contributed by atoms with E-state index < -0.39 is 4.92 Å². The number of carbonyl (C=O) groups excluding carboxylic acids is 1. The van der Waals surface area contributed by atoms with Crippen LogP contribution in [0, 0.1) is 10.1 Å². The molecule has 0 saturated carbocycles. The smallest absolute Gasteiger partial charge is 0.269 e. The molecule has 2 aromatic rings. The predicted octanol–water partition coefficient (Wildman–Crippen LogP) is 3.62. The third-order valence-corrected chi connectivity index (χ3v) is 3.66. The normalized spacial score (nSPS) is 10.3. The Morgan fingerprint density at radius 2 is 2.04 bits per heavy atom. The van der Waals surface area contributed by atoms with E-state index in [0.717, 1.165) is 0 Å². The maximum absolute atomic E-state index is 12.5. The Bertz CT molecular complexity index is 749. The van der Waals surface area contributed by atoms with E-state index in [-0.39, 0.29) is 28.9 Å². The lowest BCUT2D eigenvalue weighted by Crippen LogP contribution is -2.30. The van der Waals surface area contributed by atoms with Crippen molar-refractivity contribution in [2.24, 2.45) is 0 Å². The molecule has 23 heavy (non-hydrogen) atoms. The topological polar surface area (TPSA) is 83.7 Å². The minimum Gasteiger partial charge on any atom is -0.506 e. The molecule has 1 amide bonds. The van der Waals surface area contributed by atoms with Crippen LogP contribution in [0.4, 0.5) is 5.69 Å². The second-order valence-corrected chi connectivity index (χ2v) is 5.32. The standard InChI is InChI=1S/C16H15ClN2O4/c1-2-18(10-11-4-3-5-13(8-11)19(22)23)16(21)12-6-7-15(20)14(17)9-12/h3-9,20H,2,10H2,1H3. The number of aromatic hydroxyl groups is 1. The van der Waals surface area contributed by atoms with Gasteiger partial charge in [-0.15, -0.1) is 0 Å². The molecule has 0 aliphatic heterocycles. The van der Waals surface area contributed by atoms with Crippen molar-refractivity contribution in [1.29, 1.82) is 0 Å². The van der Waals surface area contributed by atoms with Crippen LogP contribution in [0.5, 0.6) is 5.75 Å². The van der Waals surface area contributed by atoms with Crippen LogP contribution in [0.1, 0.15) is 22.8 Å². The van der Waals surface area contributed by atoms with Crippen LogP contribution in [-0.4, -0.2) is 27.4 Å². The van der Waals surface area contributed by atoms with Gasteiger partial charge in [-0.3, -0.25) is 14.9 Å². The average Bonchev–Trinajstić information content (AvgIpc) is 2.54. The molecule has 0 atom stereocenters. The first kappa shape index (κ1) is 16.8. The summed E-state index contributed by atoms with van der Waals surface area (Å²) in [6, 6.07) is 10.4. The van der Waals surface area contributed by atoms with E-state index in [1.165, 1.54) is 30.3 Å². The minimum absolute atomic E-state index is 0.0151. The molecule has 0 fully saturated rings. The van der Waals surface area contributed by atoms with Crippen LogP contribution in [0.25, 0.3) is 0 Å². The molecule has 0 spiro atoms. The molecule has 2 aromatic carbocycles. The zero-order valence-corrected chi connectivity index (χ0v) is 13.2. The van der Waals surface area contributed by atoms with Gasteiger partial charge < -0.3 is 10.0 Å². The summed E-state index contributed by atoms with van der Waals surface area (Å²) in [5, 5.41) is 20.3. The number of phenols is 1. The van der Waals surface area contributed by atoms with Crippen LogP contribution in [0.2, 0.25) is 5.02 Å². The maximum Gasteiger partial charge on any atom is 0.269 e. The third-order valence-electron chi connectivity index (χ3n) is 3.36.